The van der Waals surface area contributed by atoms with Gasteiger partial charge in [0.05, 0.1) is 0 Å². The van der Waals surface area contributed by atoms with Gasteiger partial charge in [-0.3, -0.25) is 0 Å². The van der Waals surface area contributed by atoms with E-state index in [-0.39, 0.29) is 0 Å². The fourth-order valence-corrected chi connectivity index (χ4v) is 5.68. The maximum Gasteiger partial charge on any atom is 0.0390 e. The lowest BCUT2D eigenvalue weighted by Crippen LogP contribution is -1.95. The van der Waals surface area contributed by atoms with E-state index in [9.17, 15) is 0 Å². The van der Waals surface area contributed by atoms with E-state index >= 15 is 0 Å². The summed E-state index contributed by atoms with van der Waals surface area (Å²) in [6.07, 6.45) is 6.23. The first kappa shape index (κ1) is 20.4. The molecule has 0 aliphatic heterocycles. The third-order valence-electron chi connectivity index (χ3n) is 5.99. The van der Waals surface area contributed by atoms with E-state index in [4.69, 9.17) is 0 Å². The fourth-order valence-electron chi connectivity index (χ4n) is 4.47. The lowest BCUT2D eigenvalue weighted by atomic mass is 9.88. The van der Waals surface area contributed by atoms with Crippen molar-refractivity contribution in [1.82, 2.24) is 0 Å². The highest BCUT2D eigenvalue weighted by molar-refractivity contribution is 7.26. The largest absolute Gasteiger partial charge is 0.135 e. The van der Waals surface area contributed by atoms with Crippen LogP contribution in [0, 0.1) is 20.8 Å². The molecule has 0 aliphatic carbocycles. The minimum absolute atomic E-state index is 1.20. The Balaban J connectivity index is 1.98. The average Bonchev–Trinajstić information content (AvgIpc) is 3.11. The van der Waals surface area contributed by atoms with Crippen LogP contribution in [-0.2, 0) is 0 Å². The predicted molar refractivity (Wildman–Crippen MR) is 137 cm³/mol. The van der Waals surface area contributed by atoms with E-state index in [0.29, 0.717) is 0 Å². The SMILES string of the molecule is C=C/C(=C(C)\C=C/C)c1cc(-c2ccc3c(sc4ccccc43)c2C)c(C)cc1C. The Labute approximate surface area is 183 Å². The Kier molecular flexibility index (Phi) is 5.49. The van der Waals surface area contributed by atoms with Gasteiger partial charge in [0.15, 0.2) is 0 Å². The molecule has 0 atom stereocenters. The van der Waals surface area contributed by atoms with Crippen LogP contribution in [-0.4, -0.2) is 0 Å². The molecule has 0 N–H and O–H groups in total. The monoisotopic (exact) mass is 408 g/mol. The molecule has 4 aromatic rings. The van der Waals surface area contributed by atoms with E-state index in [0.717, 1.165) is 0 Å². The summed E-state index contributed by atoms with van der Waals surface area (Å²) in [5.74, 6) is 0. The second kappa shape index (κ2) is 8.08. The number of thiophene rings is 1. The van der Waals surface area contributed by atoms with Crippen LogP contribution in [0.2, 0.25) is 0 Å². The Morgan fingerprint density at radius 2 is 1.67 bits per heavy atom. The van der Waals surface area contributed by atoms with Gasteiger partial charge in [-0.2, -0.15) is 0 Å². The van der Waals surface area contributed by atoms with Gasteiger partial charge in [0.2, 0.25) is 0 Å². The van der Waals surface area contributed by atoms with E-state index in [2.05, 4.69) is 102 Å². The molecule has 0 saturated carbocycles. The Morgan fingerprint density at radius 1 is 0.900 bits per heavy atom. The predicted octanol–water partition coefficient (Wildman–Crippen LogP) is 9.18. The molecule has 150 valence electrons. The molecule has 0 unspecified atom stereocenters. The van der Waals surface area contributed by atoms with Crippen LogP contribution in [0.15, 0.2) is 78.9 Å². The quantitative estimate of drug-likeness (QED) is 0.295. The maximum atomic E-state index is 4.10. The van der Waals surface area contributed by atoms with Gasteiger partial charge in [-0.1, -0.05) is 61.2 Å². The van der Waals surface area contributed by atoms with Gasteiger partial charge in [-0.05, 0) is 91.3 Å². The third-order valence-corrected chi connectivity index (χ3v) is 7.30. The third kappa shape index (κ3) is 3.34. The summed E-state index contributed by atoms with van der Waals surface area (Å²) in [7, 11) is 0. The van der Waals surface area contributed by atoms with Gasteiger partial charge in [0.25, 0.3) is 0 Å². The molecular formula is C29H28S. The van der Waals surface area contributed by atoms with Crippen molar-refractivity contribution in [3.63, 3.8) is 0 Å². The van der Waals surface area contributed by atoms with Gasteiger partial charge in [0, 0.05) is 20.2 Å². The molecule has 0 spiro atoms. The average molecular weight is 409 g/mol. The van der Waals surface area contributed by atoms with Crippen LogP contribution < -0.4 is 0 Å². The molecule has 30 heavy (non-hydrogen) atoms. The molecule has 1 heteroatoms. The zero-order chi connectivity index (χ0) is 21.4. The van der Waals surface area contributed by atoms with Crippen LogP contribution >= 0.6 is 11.3 Å². The highest BCUT2D eigenvalue weighted by Crippen LogP contribution is 2.41. The summed E-state index contributed by atoms with van der Waals surface area (Å²) in [4.78, 5) is 0. The molecule has 1 heterocycles. The molecule has 3 aromatic carbocycles. The van der Waals surface area contributed by atoms with E-state index in [1.807, 2.05) is 17.4 Å². The second-order valence-electron chi connectivity index (χ2n) is 8.00. The Hall–Kier alpha value is -2.90. The van der Waals surface area contributed by atoms with Crippen molar-refractivity contribution >= 4 is 37.1 Å². The van der Waals surface area contributed by atoms with E-state index < -0.39 is 0 Å². The molecule has 0 amide bonds. The van der Waals surface area contributed by atoms with Crippen molar-refractivity contribution in [2.24, 2.45) is 0 Å². The zero-order valence-electron chi connectivity index (χ0n) is 18.5. The zero-order valence-corrected chi connectivity index (χ0v) is 19.3. The summed E-state index contributed by atoms with van der Waals surface area (Å²) in [6.45, 7) is 15.0. The highest BCUT2D eigenvalue weighted by atomic mass is 32.1. The first-order valence-corrected chi connectivity index (χ1v) is 11.3. The molecular weight excluding hydrogens is 380 g/mol. The minimum Gasteiger partial charge on any atom is -0.135 e. The Bertz CT molecular complexity index is 1340. The maximum absolute atomic E-state index is 4.10. The van der Waals surface area contributed by atoms with E-state index in [1.165, 1.54) is 64.7 Å². The molecule has 4 rings (SSSR count). The number of aryl methyl sites for hydroxylation is 3. The van der Waals surface area contributed by atoms with Crippen LogP contribution in [0.1, 0.15) is 36.1 Å². The van der Waals surface area contributed by atoms with Gasteiger partial charge in [0.1, 0.15) is 0 Å². The van der Waals surface area contributed by atoms with Crippen molar-refractivity contribution in [1.29, 1.82) is 0 Å². The number of benzene rings is 3. The smallest absolute Gasteiger partial charge is 0.0390 e. The lowest BCUT2D eigenvalue weighted by molar-refractivity contribution is 1.34. The topological polar surface area (TPSA) is 0 Å². The molecule has 0 radical (unpaired) electrons. The molecule has 0 bridgehead atoms. The van der Waals surface area contributed by atoms with Crippen molar-refractivity contribution in [3.05, 3.63) is 101 Å². The standard InChI is InChI=1S/C29H28S/c1-7-11-18(3)22(8-2)26-17-27(20(5)16-19(26)4)23-14-15-25-24-12-9-10-13-28(24)30-29(25)21(23)6/h7-17H,2H2,1,3-6H3/b11-7-,22-18+. The number of rotatable bonds is 4. The second-order valence-corrected chi connectivity index (χ2v) is 9.05. The van der Waals surface area contributed by atoms with Crippen molar-refractivity contribution in [2.75, 3.05) is 0 Å². The van der Waals surface area contributed by atoms with Crippen LogP contribution in [0.4, 0.5) is 0 Å². The van der Waals surface area contributed by atoms with Crippen molar-refractivity contribution < 1.29 is 0 Å². The van der Waals surface area contributed by atoms with Crippen molar-refractivity contribution in [2.45, 2.75) is 34.6 Å². The van der Waals surface area contributed by atoms with Crippen LogP contribution in [0.25, 0.3) is 36.9 Å². The number of allylic oxidation sites excluding steroid dienone is 5. The van der Waals surface area contributed by atoms with Gasteiger partial charge < -0.3 is 0 Å². The molecule has 1 aromatic heterocycles. The molecule has 0 nitrogen and oxygen atoms in total. The lowest BCUT2D eigenvalue weighted by Gasteiger charge is -2.17. The fraction of sp³-hybridized carbons (Fsp3) is 0.172. The van der Waals surface area contributed by atoms with Crippen LogP contribution in [0.3, 0.4) is 0 Å². The first-order chi connectivity index (χ1) is 14.5. The normalized spacial score (nSPS) is 12.7. The highest BCUT2D eigenvalue weighted by Gasteiger charge is 2.15. The summed E-state index contributed by atoms with van der Waals surface area (Å²) in [6, 6.07) is 18.0. The Morgan fingerprint density at radius 3 is 2.40 bits per heavy atom. The number of fused-ring (bicyclic) bond motifs is 3. The summed E-state index contributed by atoms with van der Waals surface area (Å²) in [5, 5.41) is 2.71. The molecule has 0 aliphatic rings. The van der Waals surface area contributed by atoms with Gasteiger partial charge >= 0.3 is 0 Å². The number of hydrogen-bond acceptors (Lipinski definition) is 1. The molecule has 0 saturated heterocycles. The van der Waals surface area contributed by atoms with Crippen molar-refractivity contribution in [3.8, 4) is 11.1 Å². The minimum atomic E-state index is 1.20. The molecule has 0 fully saturated rings. The van der Waals surface area contributed by atoms with Gasteiger partial charge in [-0.15, -0.1) is 11.3 Å². The first-order valence-electron chi connectivity index (χ1n) is 10.4. The van der Waals surface area contributed by atoms with Crippen LogP contribution in [0.5, 0.6) is 0 Å². The van der Waals surface area contributed by atoms with Gasteiger partial charge in [-0.25, -0.2) is 0 Å². The summed E-state index contributed by atoms with van der Waals surface area (Å²) >= 11 is 1.90. The van der Waals surface area contributed by atoms with E-state index in [1.54, 1.807) is 0 Å². The summed E-state index contributed by atoms with van der Waals surface area (Å²) < 4.78 is 2.74. The summed E-state index contributed by atoms with van der Waals surface area (Å²) in [5.41, 5.74) is 10.3. The number of hydrogen-bond donors (Lipinski definition) is 0.